The molecule has 2 heteroatoms. The van der Waals surface area contributed by atoms with Gasteiger partial charge < -0.3 is 0 Å². The van der Waals surface area contributed by atoms with Gasteiger partial charge in [0.1, 0.15) is 0 Å². The summed E-state index contributed by atoms with van der Waals surface area (Å²) in [6.07, 6.45) is 11.9. The Morgan fingerprint density at radius 2 is 1.07 bits per heavy atom. The quantitative estimate of drug-likeness (QED) is 0.345. The van der Waals surface area contributed by atoms with E-state index in [2.05, 4.69) is 13.8 Å². The van der Waals surface area contributed by atoms with Crippen molar-refractivity contribution in [2.75, 3.05) is 0 Å². The molecule has 0 unspecified atom stereocenters. The van der Waals surface area contributed by atoms with E-state index in [1.807, 2.05) is 0 Å². The first kappa shape index (κ1) is 17.6. The summed E-state index contributed by atoms with van der Waals surface area (Å²) in [6, 6.07) is 0. The van der Waals surface area contributed by atoms with Crippen LogP contribution < -0.4 is 0 Å². The topological polar surface area (TPSA) is 0 Å². The molecular weight excluding hydrogens is 387 g/mol. The number of hydrogen-bond donors (Lipinski definition) is 0. The maximum atomic E-state index is 2.30. The summed E-state index contributed by atoms with van der Waals surface area (Å²) in [4.78, 5) is 0. The molecule has 0 aromatic heterocycles. The van der Waals surface area contributed by atoms with Crippen LogP contribution in [0.4, 0.5) is 0 Å². The van der Waals surface area contributed by atoms with Gasteiger partial charge in [0, 0.05) is 0 Å². The van der Waals surface area contributed by atoms with Crippen LogP contribution in [-0.4, -0.2) is 24.2 Å². The first-order valence-corrected chi connectivity index (χ1v) is 11.6. The molecule has 0 aromatic rings. The molecule has 0 aliphatic rings. The van der Waals surface area contributed by atoms with Gasteiger partial charge in [-0.15, -0.1) is 12.4 Å². The maximum Gasteiger partial charge on any atom is -0.147 e. The summed E-state index contributed by atoms with van der Waals surface area (Å²) in [5.41, 5.74) is 0. The number of halogens is 1. The number of rotatable bonds is 10. The van der Waals surface area contributed by atoms with Crippen LogP contribution in [0.15, 0.2) is 0 Å². The second-order valence-electron chi connectivity index (χ2n) is 3.87. The van der Waals surface area contributed by atoms with E-state index in [-0.39, 0.29) is 36.6 Å². The van der Waals surface area contributed by atoms with E-state index in [1.165, 1.54) is 38.5 Å². The Hall–Kier alpha value is 1.21. The predicted octanol–water partition coefficient (Wildman–Crippen LogP) is 5.11. The maximum absolute atomic E-state index is 2.30. The van der Waals surface area contributed by atoms with Crippen LogP contribution in [0.5, 0.6) is 0 Å². The Morgan fingerprint density at radius 1 is 0.643 bits per heavy atom. The van der Waals surface area contributed by atoms with Gasteiger partial charge in [-0.25, -0.2) is 0 Å². The molecule has 0 amide bonds. The van der Waals surface area contributed by atoms with Gasteiger partial charge in [-0.05, 0) is 0 Å². The first-order chi connectivity index (χ1) is 6.41. The van der Waals surface area contributed by atoms with Gasteiger partial charge in [0.15, 0.2) is 0 Å². The average Bonchev–Trinajstić information content (AvgIpc) is 2.16. The van der Waals surface area contributed by atoms with Crippen molar-refractivity contribution in [3.8, 4) is 0 Å². The molecule has 0 heterocycles. The number of unbranched alkanes of at least 4 members (excludes halogenated alkanes) is 6. The van der Waals surface area contributed by atoms with E-state index in [1.54, 1.807) is 20.8 Å². The summed E-state index contributed by atoms with van der Waals surface area (Å²) in [5, 5.41) is 0. The fourth-order valence-corrected chi connectivity index (χ4v) is 6.34. The van der Waals surface area contributed by atoms with Crippen LogP contribution in [0.3, 0.4) is 0 Å². The molecule has 0 aromatic carbocycles. The van der Waals surface area contributed by atoms with Crippen molar-refractivity contribution >= 4 is 36.6 Å². The van der Waals surface area contributed by atoms with Crippen LogP contribution in [0.25, 0.3) is 0 Å². The zero-order chi connectivity index (χ0) is 9.78. The van der Waals surface area contributed by atoms with Gasteiger partial charge in [0.25, 0.3) is 0 Å². The molecule has 0 rings (SSSR count). The minimum atomic E-state index is -0.0943. The Morgan fingerprint density at radius 3 is 1.43 bits per heavy atom. The van der Waals surface area contributed by atoms with Crippen molar-refractivity contribution in [2.24, 2.45) is 0 Å². The molecular formula is C12H27ClPb. The summed E-state index contributed by atoms with van der Waals surface area (Å²) in [5.74, 6) is 0. The zero-order valence-electron chi connectivity index (χ0n) is 9.98. The standard InChI is InChI=1S/2C6H13.ClH.Pb/c2*1-3-5-6-4-2;;/h2*1,3-6H2,2H3;1H;. The minimum absolute atomic E-state index is 0. The molecule has 0 bridgehead atoms. The second-order valence-corrected chi connectivity index (χ2v) is 9.70. The largest absolute Gasteiger partial charge is 0.147 e. The van der Waals surface area contributed by atoms with E-state index < -0.39 is 0 Å². The third-order valence-electron chi connectivity index (χ3n) is 2.41. The van der Waals surface area contributed by atoms with Gasteiger partial charge in [-0.3, -0.25) is 0 Å². The Labute approximate surface area is 109 Å². The van der Waals surface area contributed by atoms with E-state index in [0.717, 1.165) is 0 Å². The normalized spacial score (nSPS) is 9.86. The molecule has 0 aliphatic carbocycles. The van der Waals surface area contributed by atoms with Crippen molar-refractivity contribution in [3.05, 3.63) is 0 Å². The van der Waals surface area contributed by atoms with Crippen LogP contribution in [0, 0.1) is 0 Å². The summed E-state index contributed by atoms with van der Waals surface area (Å²) in [6.45, 7) is 4.60. The summed E-state index contributed by atoms with van der Waals surface area (Å²) >= 11 is -0.0943. The Balaban J connectivity index is 0. The predicted molar refractivity (Wildman–Crippen MR) is 70.9 cm³/mol. The van der Waals surface area contributed by atoms with Crippen LogP contribution in [0.1, 0.15) is 65.2 Å². The monoisotopic (exact) mass is 414 g/mol. The summed E-state index contributed by atoms with van der Waals surface area (Å²) in [7, 11) is 0. The fraction of sp³-hybridized carbons (Fsp3) is 1.00. The molecule has 0 atom stereocenters. The number of hydrogen-bond acceptors (Lipinski definition) is 0. The van der Waals surface area contributed by atoms with E-state index in [9.17, 15) is 0 Å². The van der Waals surface area contributed by atoms with E-state index in [0.29, 0.717) is 0 Å². The van der Waals surface area contributed by atoms with E-state index in [4.69, 9.17) is 0 Å². The second kappa shape index (κ2) is 16.6. The van der Waals surface area contributed by atoms with Crippen LogP contribution in [0.2, 0.25) is 7.96 Å². The third-order valence-corrected chi connectivity index (χ3v) is 7.91. The SMILES string of the molecule is CCCCC[CH2][Pb][CH2]CCCCC.Cl. The molecule has 0 spiro atoms. The van der Waals surface area contributed by atoms with Crippen molar-refractivity contribution in [1.82, 2.24) is 0 Å². The Kier molecular flexibility index (Phi) is 20.9. The molecule has 14 heavy (non-hydrogen) atoms. The molecule has 2 radical (unpaired) electrons. The molecule has 0 saturated carbocycles. The molecule has 0 fully saturated rings. The smallest absolute Gasteiger partial charge is 0.147 e. The molecule has 0 nitrogen and oxygen atoms in total. The van der Waals surface area contributed by atoms with Crippen molar-refractivity contribution in [1.29, 1.82) is 0 Å². The van der Waals surface area contributed by atoms with Gasteiger partial charge in [0.2, 0.25) is 0 Å². The van der Waals surface area contributed by atoms with Crippen molar-refractivity contribution in [3.63, 3.8) is 0 Å². The third kappa shape index (κ3) is 15.7. The molecule has 86 valence electrons. The summed E-state index contributed by atoms with van der Waals surface area (Å²) < 4.78 is 3.35. The molecule has 0 aliphatic heterocycles. The first-order valence-electron chi connectivity index (χ1n) is 6.12. The Bertz CT molecular complexity index is 76.4. The van der Waals surface area contributed by atoms with Crippen molar-refractivity contribution in [2.45, 2.75) is 73.2 Å². The zero-order valence-corrected chi connectivity index (χ0v) is 14.7. The van der Waals surface area contributed by atoms with Crippen LogP contribution >= 0.6 is 12.4 Å². The fourth-order valence-electron chi connectivity index (χ4n) is 1.48. The van der Waals surface area contributed by atoms with Crippen molar-refractivity contribution < 1.29 is 0 Å². The molecule has 0 N–H and O–H groups in total. The average molecular weight is 414 g/mol. The molecule has 0 saturated heterocycles. The van der Waals surface area contributed by atoms with Crippen LogP contribution in [-0.2, 0) is 0 Å². The minimum Gasteiger partial charge on any atom is -0.147 e. The van der Waals surface area contributed by atoms with Gasteiger partial charge in [-0.2, -0.15) is 0 Å². The van der Waals surface area contributed by atoms with Gasteiger partial charge in [-0.1, -0.05) is 0 Å². The van der Waals surface area contributed by atoms with E-state index >= 15 is 0 Å². The van der Waals surface area contributed by atoms with Gasteiger partial charge >= 0.3 is 97.4 Å². The van der Waals surface area contributed by atoms with Gasteiger partial charge in [0.05, 0.1) is 0 Å².